The minimum absolute atomic E-state index is 0.889. The highest BCUT2D eigenvalue weighted by molar-refractivity contribution is 4.89. The highest BCUT2D eigenvalue weighted by Crippen LogP contribution is 2.18. The third kappa shape index (κ3) is 2.55. The zero-order valence-corrected chi connectivity index (χ0v) is 6.97. The van der Waals surface area contributed by atoms with Crippen LogP contribution >= 0.6 is 0 Å². The van der Waals surface area contributed by atoms with Gasteiger partial charge in [-0.15, -0.1) is 0 Å². The van der Waals surface area contributed by atoms with Gasteiger partial charge >= 0.3 is 0 Å². The van der Waals surface area contributed by atoms with E-state index in [9.17, 15) is 0 Å². The molecule has 0 fully saturated rings. The Hall–Kier alpha value is -0.260. The first-order chi connectivity index (χ1) is 4.93. The molecule has 1 rings (SSSR count). The minimum atomic E-state index is 0.889. The second-order valence-electron chi connectivity index (χ2n) is 3.23. The molecule has 0 bridgehead atoms. The molecule has 0 heterocycles. The highest BCUT2D eigenvalue weighted by Gasteiger charge is 2.02. The van der Waals surface area contributed by atoms with Crippen molar-refractivity contribution in [3.05, 3.63) is 12.2 Å². The summed E-state index contributed by atoms with van der Waals surface area (Å²) < 4.78 is 0. The smallest absolute Gasteiger partial charge is 0.0236 e. The van der Waals surface area contributed by atoms with Gasteiger partial charge in [0.25, 0.3) is 0 Å². The molecule has 0 amide bonds. The lowest BCUT2D eigenvalue weighted by Crippen LogP contribution is -1.96. The summed E-state index contributed by atoms with van der Waals surface area (Å²) in [6.45, 7) is 2.29. The first kappa shape index (κ1) is 7.84. The quantitative estimate of drug-likeness (QED) is 0.486. The molecule has 0 radical (unpaired) electrons. The Balaban J connectivity index is 2.33. The zero-order valence-electron chi connectivity index (χ0n) is 6.97. The van der Waals surface area contributed by atoms with Crippen molar-refractivity contribution in [3.63, 3.8) is 0 Å². The minimum Gasteiger partial charge on any atom is -0.0883 e. The molecule has 0 spiro atoms. The molecule has 0 aromatic carbocycles. The first-order valence-electron chi connectivity index (χ1n) is 4.60. The fourth-order valence-electron chi connectivity index (χ4n) is 1.57. The molecule has 58 valence electrons. The molecular weight excluding hydrogens is 120 g/mol. The van der Waals surface area contributed by atoms with Crippen molar-refractivity contribution in [1.29, 1.82) is 0 Å². The van der Waals surface area contributed by atoms with Gasteiger partial charge in [-0.3, -0.25) is 0 Å². The Labute approximate surface area is 64.3 Å². The maximum absolute atomic E-state index is 2.42. The summed E-state index contributed by atoms with van der Waals surface area (Å²) in [5, 5.41) is 0. The second-order valence-corrected chi connectivity index (χ2v) is 3.23. The van der Waals surface area contributed by atoms with Gasteiger partial charge in [0.15, 0.2) is 0 Å². The summed E-state index contributed by atoms with van der Waals surface area (Å²) in [6.07, 6.45) is 13.2. The Kier molecular flexibility index (Phi) is 3.56. The van der Waals surface area contributed by atoms with Crippen LogP contribution in [0.15, 0.2) is 12.2 Å². The van der Waals surface area contributed by atoms with E-state index < -0.39 is 0 Å². The van der Waals surface area contributed by atoms with Crippen molar-refractivity contribution in [1.82, 2.24) is 0 Å². The molecule has 1 atom stereocenters. The average Bonchev–Trinajstić information content (AvgIpc) is 1.87. The van der Waals surface area contributed by atoms with Crippen molar-refractivity contribution in [3.8, 4) is 0 Å². The normalized spacial score (nSPS) is 30.7. The van der Waals surface area contributed by atoms with E-state index in [1.54, 1.807) is 0 Å². The van der Waals surface area contributed by atoms with Crippen molar-refractivity contribution in [2.24, 2.45) is 5.92 Å². The van der Waals surface area contributed by atoms with Crippen molar-refractivity contribution in [2.75, 3.05) is 0 Å². The number of rotatable bonds is 1. The fraction of sp³-hybridized carbons (Fsp3) is 0.800. The lowest BCUT2D eigenvalue weighted by molar-refractivity contribution is 0.509. The molecule has 10 heavy (non-hydrogen) atoms. The first-order valence-corrected chi connectivity index (χ1v) is 4.60. The van der Waals surface area contributed by atoms with Crippen molar-refractivity contribution in [2.45, 2.75) is 45.4 Å². The van der Waals surface area contributed by atoms with Crippen LogP contribution in [0.3, 0.4) is 0 Å². The Bertz CT molecular complexity index is 103. The van der Waals surface area contributed by atoms with E-state index in [4.69, 9.17) is 0 Å². The Morgan fingerprint density at radius 1 is 1.30 bits per heavy atom. The van der Waals surface area contributed by atoms with Crippen LogP contribution < -0.4 is 0 Å². The van der Waals surface area contributed by atoms with Gasteiger partial charge in [-0.1, -0.05) is 31.9 Å². The van der Waals surface area contributed by atoms with Crippen molar-refractivity contribution < 1.29 is 0 Å². The van der Waals surface area contributed by atoms with Crippen LogP contribution in [0.5, 0.6) is 0 Å². The van der Waals surface area contributed by atoms with Gasteiger partial charge in [-0.05, 0) is 31.6 Å². The average molecular weight is 138 g/mol. The van der Waals surface area contributed by atoms with Crippen LogP contribution in [-0.2, 0) is 0 Å². The summed E-state index contributed by atoms with van der Waals surface area (Å²) in [5.41, 5.74) is 0. The molecule has 0 heteroatoms. The van der Waals surface area contributed by atoms with Crippen LogP contribution in [0.1, 0.15) is 45.4 Å². The van der Waals surface area contributed by atoms with E-state index in [1.807, 2.05) is 0 Å². The molecule has 1 aliphatic rings. The molecule has 0 aromatic rings. The second kappa shape index (κ2) is 4.54. The number of allylic oxidation sites excluding steroid dienone is 2. The summed E-state index contributed by atoms with van der Waals surface area (Å²) in [6, 6.07) is 0. The van der Waals surface area contributed by atoms with Gasteiger partial charge in [0.1, 0.15) is 0 Å². The van der Waals surface area contributed by atoms with Gasteiger partial charge < -0.3 is 0 Å². The maximum atomic E-state index is 2.42. The van der Waals surface area contributed by atoms with Crippen LogP contribution in [0.4, 0.5) is 0 Å². The summed E-state index contributed by atoms with van der Waals surface area (Å²) in [5.74, 6) is 0.889. The lowest BCUT2D eigenvalue weighted by atomic mass is 9.95. The van der Waals surface area contributed by atoms with E-state index in [1.165, 1.54) is 38.5 Å². The van der Waals surface area contributed by atoms with Gasteiger partial charge in [0, 0.05) is 0 Å². The largest absolute Gasteiger partial charge is 0.0883 e. The Morgan fingerprint density at radius 3 is 3.00 bits per heavy atom. The Morgan fingerprint density at radius 2 is 2.20 bits per heavy atom. The van der Waals surface area contributed by atoms with Crippen molar-refractivity contribution >= 4 is 0 Å². The van der Waals surface area contributed by atoms with E-state index in [2.05, 4.69) is 19.1 Å². The molecule has 0 nitrogen and oxygen atoms in total. The van der Waals surface area contributed by atoms with Gasteiger partial charge in [0.2, 0.25) is 0 Å². The van der Waals surface area contributed by atoms with Crippen LogP contribution in [0.2, 0.25) is 0 Å². The SMILES string of the molecule is CCC1/C=C\CCCCC1. The third-order valence-corrected chi connectivity index (χ3v) is 2.38. The number of hydrogen-bond acceptors (Lipinski definition) is 0. The third-order valence-electron chi connectivity index (χ3n) is 2.38. The topological polar surface area (TPSA) is 0 Å². The molecular formula is C10H18. The molecule has 0 aromatic heterocycles. The van der Waals surface area contributed by atoms with E-state index >= 15 is 0 Å². The molecule has 0 saturated heterocycles. The number of hydrogen-bond donors (Lipinski definition) is 0. The van der Waals surface area contributed by atoms with Crippen LogP contribution in [0, 0.1) is 5.92 Å². The molecule has 1 aliphatic carbocycles. The predicted octanol–water partition coefficient (Wildman–Crippen LogP) is 3.53. The summed E-state index contributed by atoms with van der Waals surface area (Å²) in [7, 11) is 0. The summed E-state index contributed by atoms with van der Waals surface area (Å²) in [4.78, 5) is 0. The van der Waals surface area contributed by atoms with E-state index in [-0.39, 0.29) is 0 Å². The standard InChI is InChI=1S/C10H18/c1-2-10-8-6-4-3-5-7-9-10/h6,8,10H,2-5,7,9H2,1H3/b8-6-. The zero-order chi connectivity index (χ0) is 7.23. The van der Waals surface area contributed by atoms with Gasteiger partial charge in [0.05, 0.1) is 0 Å². The molecule has 0 aliphatic heterocycles. The highest BCUT2D eigenvalue weighted by atomic mass is 14.1. The molecule has 0 N–H and O–H groups in total. The van der Waals surface area contributed by atoms with Crippen LogP contribution in [-0.4, -0.2) is 0 Å². The lowest BCUT2D eigenvalue weighted by Gasteiger charge is -2.11. The van der Waals surface area contributed by atoms with Gasteiger partial charge in [-0.25, -0.2) is 0 Å². The monoisotopic (exact) mass is 138 g/mol. The molecule has 1 unspecified atom stereocenters. The van der Waals surface area contributed by atoms with E-state index in [0.717, 1.165) is 5.92 Å². The summed E-state index contributed by atoms with van der Waals surface area (Å²) >= 11 is 0. The maximum Gasteiger partial charge on any atom is -0.0236 e. The van der Waals surface area contributed by atoms with Gasteiger partial charge in [-0.2, -0.15) is 0 Å². The fourth-order valence-corrected chi connectivity index (χ4v) is 1.57. The van der Waals surface area contributed by atoms with E-state index in [0.29, 0.717) is 0 Å². The predicted molar refractivity (Wildman–Crippen MR) is 46.0 cm³/mol. The van der Waals surface area contributed by atoms with Crippen LogP contribution in [0.25, 0.3) is 0 Å². The molecule has 0 saturated carbocycles.